The number of fused-ring (bicyclic) bond motifs is 1. The van der Waals surface area contributed by atoms with Gasteiger partial charge in [-0.05, 0) is 81.2 Å². The van der Waals surface area contributed by atoms with E-state index in [9.17, 15) is 24.9 Å². The number of allylic oxidation sites excluding steroid dienone is 4. The Kier molecular flexibility index (Phi) is 13.4. The van der Waals surface area contributed by atoms with Gasteiger partial charge in [-0.25, -0.2) is 4.79 Å². The van der Waals surface area contributed by atoms with Gasteiger partial charge >= 0.3 is 5.97 Å². The van der Waals surface area contributed by atoms with Gasteiger partial charge < -0.3 is 31.1 Å². The van der Waals surface area contributed by atoms with Gasteiger partial charge in [0.1, 0.15) is 12.1 Å². The normalized spacial score (nSPS) is 26.7. The third kappa shape index (κ3) is 10.0. The van der Waals surface area contributed by atoms with E-state index in [2.05, 4.69) is 64.7 Å². The highest BCUT2D eigenvalue weighted by molar-refractivity contribution is 5.83. The Morgan fingerprint density at radius 3 is 2.52 bits per heavy atom. The molecule has 8 heteroatoms. The number of ether oxygens (including phenoxy) is 1. The number of aliphatic hydroxyl groups is 2. The maximum atomic E-state index is 12.4. The first-order chi connectivity index (χ1) is 18.8. The molecule has 2 aliphatic rings. The molecular weight excluding hydrogens is 508 g/mol. The summed E-state index contributed by atoms with van der Waals surface area (Å²) in [5.41, 5.74) is 6.64. The number of hydrogen-bond donors (Lipinski definition) is 5. The predicted molar refractivity (Wildman–Crippen MR) is 158 cm³/mol. The summed E-state index contributed by atoms with van der Waals surface area (Å²) in [4.78, 5) is 23.8. The van der Waals surface area contributed by atoms with E-state index in [-0.39, 0.29) is 42.6 Å². The highest BCUT2D eigenvalue weighted by Gasteiger charge is 2.41. The summed E-state index contributed by atoms with van der Waals surface area (Å²) in [5.74, 6) is 0.365. The third-order valence-corrected chi connectivity index (χ3v) is 8.91. The minimum absolute atomic E-state index is 0.0178. The molecule has 6 N–H and O–H groups in total. The highest BCUT2D eigenvalue weighted by Crippen LogP contribution is 2.46. The molecule has 2 aliphatic carbocycles. The van der Waals surface area contributed by atoms with Crippen molar-refractivity contribution in [1.82, 2.24) is 5.32 Å². The summed E-state index contributed by atoms with van der Waals surface area (Å²) >= 11 is 0. The summed E-state index contributed by atoms with van der Waals surface area (Å²) in [6, 6.07) is -1.01. The molecular formula is C32H54N2O6. The SMILES string of the molecule is C=C(O[C@H]1C[C@@H](C)C=C2C=C[C@H](C)[C@H](CC[C@@H](O)C[C@@H](O)CC(=O)NC(CCCCN)C(=O)O)C21)C(C)(C)CC. The summed E-state index contributed by atoms with van der Waals surface area (Å²) in [5, 5.41) is 33.1. The van der Waals surface area contributed by atoms with Crippen LogP contribution in [0.15, 0.2) is 36.1 Å². The number of nitrogens with one attached hydrogen (secondary N) is 1. The maximum absolute atomic E-state index is 12.4. The average molecular weight is 563 g/mol. The van der Waals surface area contributed by atoms with E-state index in [4.69, 9.17) is 10.5 Å². The van der Waals surface area contributed by atoms with Crippen LogP contribution in [0.5, 0.6) is 0 Å². The Hall–Kier alpha value is -2.16. The monoisotopic (exact) mass is 562 g/mol. The number of aliphatic hydroxyl groups excluding tert-OH is 2. The molecule has 0 fully saturated rings. The van der Waals surface area contributed by atoms with E-state index in [0.717, 1.165) is 25.0 Å². The Balaban J connectivity index is 1.97. The van der Waals surface area contributed by atoms with Gasteiger partial charge in [-0.15, -0.1) is 0 Å². The van der Waals surface area contributed by atoms with Crippen LogP contribution in [0.2, 0.25) is 0 Å². The molecule has 40 heavy (non-hydrogen) atoms. The second kappa shape index (κ2) is 15.7. The number of rotatable bonds is 17. The van der Waals surface area contributed by atoms with Crippen molar-refractivity contribution in [3.05, 3.63) is 36.1 Å². The first kappa shape index (κ1) is 34.0. The zero-order valence-corrected chi connectivity index (χ0v) is 25.3. The molecule has 0 aromatic carbocycles. The molecule has 0 saturated carbocycles. The topological polar surface area (TPSA) is 142 Å². The number of nitrogens with two attached hydrogens (primary N) is 1. The standard InChI is InChI=1S/C32H54N2O6/c1-7-32(5,6)22(4)40-28-17-20(2)16-23-12-11-21(3)26(30(23)28)14-13-24(35)18-25(36)19-29(37)34-27(31(38)39)10-8-9-15-33/h11-12,16,20-21,24-28,30,35-36H,4,7-10,13-15,17-19,33H2,1-3,5-6H3,(H,34,37)(H,38,39)/t20-,21-,24+,25+,26-,27?,28-,30?/m0/s1. The van der Waals surface area contributed by atoms with E-state index in [1.54, 1.807) is 0 Å². The maximum Gasteiger partial charge on any atom is 0.326 e. The molecule has 228 valence electrons. The molecule has 0 bridgehead atoms. The van der Waals surface area contributed by atoms with Crippen LogP contribution in [-0.2, 0) is 14.3 Å². The van der Waals surface area contributed by atoms with Crippen LogP contribution >= 0.6 is 0 Å². The number of carboxylic acids is 1. The van der Waals surface area contributed by atoms with Crippen LogP contribution in [0.4, 0.5) is 0 Å². The number of amides is 1. The van der Waals surface area contributed by atoms with Crippen molar-refractivity contribution in [3.63, 3.8) is 0 Å². The van der Waals surface area contributed by atoms with Crippen molar-refractivity contribution >= 4 is 11.9 Å². The lowest BCUT2D eigenvalue weighted by atomic mass is 9.65. The largest absolute Gasteiger partial charge is 0.494 e. The minimum Gasteiger partial charge on any atom is -0.494 e. The van der Waals surface area contributed by atoms with Gasteiger partial charge in [-0.3, -0.25) is 4.79 Å². The summed E-state index contributed by atoms with van der Waals surface area (Å²) in [7, 11) is 0. The van der Waals surface area contributed by atoms with Crippen molar-refractivity contribution in [2.24, 2.45) is 34.8 Å². The minimum atomic E-state index is -1.11. The molecule has 2 rings (SSSR count). The van der Waals surface area contributed by atoms with Crippen molar-refractivity contribution in [3.8, 4) is 0 Å². The fourth-order valence-electron chi connectivity index (χ4n) is 5.88. The first-order valence-corrected chi connectivity index (χ1v) is 15.1. The van der Waals surface area contributed by atoms with Gasteiger partial charge in [0.25, 0.3) is 0 Å². The second-order valence-electron chi connectivity index (χ2n) is 12.7. The van der Waals surface area contributed by atoms with Crippen molar-refractivity contribution < 1.29 is 29.6 Å². The number of hydrogen-bond acceptors (Lipinski definition) is 6. The molecule has 0 aliphatic heterocycles. The van der Waals surface area contributed by atoms with Crippen molar-refractivity contribution in [1.29, 1.82) is 0 Å². The lowest BCUT2D eigenvalue weighted by Gasteiger charge is -2.45. The van der Waals surface area contributed by atoms with Crippen molar-refractivity contribution in [2.75, 3.05) is 6.54 Å². The van der Waals surface area contributed by atoms with Gasteiger partial charge in [-0.2, -0.15) is 0 Å². The number of carbonyl (C=O) groups is 2. The van der Waals surface area contributed by atoms with E-state index in [1.807, 2.05) is 0 Å². The van der Waals surface area contributed by atoms with Crippen LogP contribution in [-0.4, -0.2) is 58.1 Å². The lowest BCUT2D eigenvalue weighted by Crippen LogP contribution is -2.42. The molecule has 0 radical (unpaired) electrons. The molecule has 1 amide bonds. The van der Waals surface area contributed by atoms with Crippen LogP contribution in [0.3, 0.4) is 0 Å². The summed E-state index contributed by atoms with van der Waals surface area (Å²) < 4.78 is 6.60. The van der Waals surface area contributed by atoms with E-state index >= 15 is 0 Å². The molecule has 0 spiro atoms. The third-order valence-electron chi connectivity index (χ3n) is 8.91. The number of aliphatic carboxylic acids is 1. The first-order valence-electron chi connectivity index (χ1n) is 15.1. The van der Waals surface area contributed by atoms with Gasteiger partial charge in [0, 0.05) is 11.3 Å². The van der Waals surface area contributed by atoms with Gasteiger partial charge in [0.05, 0.1) is 24.4 Å². The number of carbonyl (C=O) groups excluding carboxylic acids is 1. The number of unbranched alkanes of at least 4 members (excludes halogenated alkanes) is 1. The Morgan fingerprint density at radius 2 is 1.90 bits per heavy atom. The van der Waals surface area contributed by atoms with Gasteiger partial charge in [-0.1, -0.05) is 59.4 Å². The number of carboxylic acid groups (broad SMARTS) is 1. The fourth-order valence-corrected chi connectivity index (χ4v) is 5.88. The predicted octanol–water partition coefficient (Wildman–Crippen LogP) is 4.71. The Bertz CT molecular complexity index is 913. The van der Waals surface area contributed by atoms with E-state index < -0.39 is 30.1 Å². The molecule has 0 heterocycles. The van der Waals surface area contributed by atoms with Gasteiger partial charge in [0.15, 0.2) is 0 Å². The quantitative estimate of drug-likeness (QED) is 0.128. The van der Waals surface area contributed by atoms with Gasteiger partial charge in [0.2, 0.25) is 5.91 Å². The average Bonchev–Trinajstić information content (AvgIpc) is 2.87. The lowest BCUT2D eigenvalue weighted by molar-refractivity contribution is -0.142. The molecule has 8 atom stereocenters. The van der Waals surface area contributed by atoms with Crippen LogP contribution in [0, 0.1) is 29.1 Å². The highest BCUT2D eigenvalue weighted by atomic mass is 16.5. The molecule has 0 aromatic rings. The van der Waals surface area contributed by atoms with E-state index in [0.29, 0.717) is 37.6 Å². The Morgan fingerprint density at radius 1 is 1.20 bits per heavy atom. The van der Waals surface area contributed by atoms with E-state index in [1.165, 1.54) is 5.57 Å². The van der Waals surface area contributed by atoms with Crippen molar-refractivity contribution in [2.45, 2.75) is 117 Å². The van der Waals surface area contributed by atoms with Crippen LogP contribution in [0.25, 0.3) is 0 Å². The fraction of sp³-hybridized carbons (Fsp3) is 0.750. The molecule has 2 unspecified atom stereocenters. The smallest absolute Gasteiger partial charge is 0.326 e. The molecule has 8 nitrogen and oxygen atoms in total. The van der Waals surface area contributed by atoms with Crippen LogP contribution < -0.4 is 11.1 Å². The second-order valence-corrected chi connectivity index (χ2v) is 12.7. The summed E-state index contributed by atoms with van der Waals surface area (Å²) in [6.45, 7) is 15.6. The van der Waals surface area contributed by atoms with Crippen LogP contribution in [0.1, 0.15) is 92.4 Å². The summed E-state index contributed by atoms with van der Waals surface area (Å²) in [6.07, 6.45) is 9.48. The zero-order chi connectivity index (χ0) is 30.0. The molecule has 0 aromatic heterocycles. The Labute approximate surface area is 241 Å². The molecule has 0 saturated heterocycles. The zero-order valence-electron chi connectivity index (χ0n) is 25.3.